The average molecular weight is 418 g/mol. The second-order valence-corrected chi connectivity index (χ2v) is 5.06. The molecule has 5 nitrogen and oxygen atoms in total. The first kappa shape index (κ1) is 16.9. The van der Waals surface area contributed by atoms with Crippen LogP contribution in [0.25, 0.3) is 0 Å². The van der Waals surface area contributed by atoms with Crippen LogP contribution < -0.4 is 10.1 Å². The largest absolute Gasteiger partial charge is 0.435 e. The molecule has 0 amide bonds. The van der Waals surface area contributed by atoms with Gasteiger partial charge in [0, 0.05) is 8.95 Å². The lowest BCUT2D eigenvalue weighted by Crippen LogP contribution is -2.05. The highest BCUT2D eigenvalue weighted by molar-refractivity contribution is 9.11. The van der Waals surface area contributed by atoms with Gasteiger partial charge in [-0.15, -0.1) is 0 Å². The zero-order valence-corrected chi connectivity index (χ0v) is 13.2. The van der Waals surface area contributed by atoms with Crippen molar-refractivity contribution in [2.24, 2.45) is 0 Å². The van der Waals surface area contributed by atoms with E-state index in [1.807, 2.05) is 0 Å². The number of benzene rings is 1. The molecule has 0 radical (unpaired) electrons. The van der Waals surface area contributed by atoms with Crippen LogP contribution >= 0.6 is 31.9 Å². The van der Waals surface area contributed by atoms with Gasteiger partial charge in [0.2, 0.25) is 0 Å². The fourth-order valence-corrected chi connectivity index (χ4v) is 2.59. The molecule has 0 aliphatic carbocycles. The summed E-state index contributed by atoms with van der Waals surface area (Å²) in [5, 5.41) is 29.0. The summed E-state index contributed by atoms with van der Waals surface area (Å²) in [6.45, 7) is -2.97. The maximum Gasteiger partial charge on any atom is 0.387 e. The van der Waals surface area contributed by atoms with Crippen LogP contribution in [-0.4, -0.2) is 6.61 Å². The monoisotopic (exact) mass is 416 g/mol. The third-order valence-electron chi connectivity index (χ3n) is 2.08. The number of alkyl halides is 2. The van der Waals surface area contributed by atoms with Gasteiger partial charge in [0.15, 0.2) is 5.57 Å². The quantitative estimate of drug-likeness (QED) is 0.746. The van der Waals surface area contributed by atoms with Crippen LogP contribution in [0.3, 0.4) is 0 Å². The van der Waals surface area contributed by atoms with Gasteiger partial charge in [0.25, 0.3) is 0 Å². The predicted octanol–water partition coefficient (Wildman–Crippen LogP) is 4.05. The third-order valence-corrected chi connectivity index (χ3v) is 3.33. The van der Waals surface area contributed by atoms with Crippen molar-refractivity contribution in [1.82, 2.24) is 0 Å². The van der Waals surface area contributed by atoms with E-state index in [4.69, 9.17) is 15.8 Å². The molecule has 0 spiro atoms. The lowest BCUT2D eigenvalue weighted by molar-refractivity contribution is -0.0499. The predicted molar refractivity (Wildman–Crippen MR) is 76.0 cm³/mol. The Morgan fingerprint density at radius 3 is 2.00 bits per heavy atom. The molecule has 0 atom stereocenters. The number of nitrogens with one attached hydrogen (secondary N) is 1. The van der Waals surface area contributed by atoms with Crippen molar-refractivity contribution >= 4 is 37.5 Å². The third kappa shape index (κ3) is 4.42. The molecule has 0 bridgehead atoms. The number of allylic oxidation sites excluding steroid dienone is 2. The molecule has 1 N–H and O–H groups in total. The van der Waals surface area contributed by atoms with Crippen LogP contribution in [0.5, 0.6) is 5.75 Å². The highest BCUT2D eigenvalue weighted by Crippen LogP contribution is 2.36. The molecular formula is C12H4Br2F2N4O. The van der Waals surface area contributed by atoms with E-state index in [-0.39, 0.29) is 17.1 Å². The number of hydrogen-bond acceptors (Lipinski definition) is 5. The number of rotatable bonds is 4. The van der Waals surface area contributed by atoms with Crippen molar-refractivity contribution in [2.45, 2.75) is 6.61 Å². The number of ether oxygens (including phenoxy) is 1. The summed E-state index contributed by atoms with van der Waals surface area (Å²) in [6, 6.07) is 7.35. The van der Waals surface area contributed by atoms with Gasteiger partial charge in [-0.25, -0.2) is 0 Å². The normalized spacial score (nSPS) is 9.24. The van der Waals surface area contributed by atoms with Crippen molar-refractivity contribution in [2.75, 3.05) is 5.32 Å². The zero-order chi connectivity index (χ0) is 16.0. The van der Waals surface area contributed by atoms with E-state index < -0.39 is 12.2 Å². The molecule has 0 aliphatic rings. The van der Waals surface area contributed by atoms with E-state index in [1.54, 1.807) is 18.2 Å². The van der Waals surface area contributed by atoms with Crippen molar-refractivity contribution < 1.29 is 13.5 Å². The molecule has 0 heterocycles. The Labute approximate surface area is 135 Å². The van der Waals surface area contributed by atoms with Gasteiger partial charge in [-0.05, 0) is 44.0 Å². The molecular weight excluding hydrogens is 414 g/mol. The standard InChI is InChI=1S/C12H4Br2F2N4O/c13-8-1-7(21-12(15)16)2-9(14)11(8)20-10(5-19)6(3-17)4-18/h1-2,12,20H. The first-order valence-electron chi connectivity index (χ1n) is 5.08. The summed E-state index contributed by atoms with van der Waals surface area (Å²) >= 11 is 6.25. The Hall–Kier alpha value is -2.15. The van der Waals surface area contributed by atoms with E-state index in [0.29, 0.717) is 8.95 Å². The van der Waals surface area contributed by atoms with Gasteiger partial charge in [0.1, 0.15) is 29.7 Å². The summed E-state index contributed by atoms with van der Waals surface area (Å²) in [6.07, 6.45) is 0. The number of nitrogens with zero attached hydrogens (tertiary/aromatic N) is 3. The Balaban J connectivity index is 3.23. The molecule has 0 saturated carbocycles. The lowest BCUT2D eigenvalue weighted by Gasteiger charge is -2.12. The molecule has 0 aliphatic heterocycles. The maximum absolute atomic E-state index is 12.2. The molecule has 1 rings (SSSR count). The second kappa shape index (κ2) is 7.58. The molecule has 106 valence electrons. The van der Waals surface area contributed by atoms with Crippen LogP contribution in [-0.2, 0) is 0 Å². The van der Waals surface area contributed by atoms with Crippen LogP contribution in [0.15, 0.2) is 32.3 Å². The van der Waals surface area contributed by atoms with Crippen LogP contribution in [0.4, 0.5) is 14.5 Å². The fraction of sp³-hybridized carbons (Fsp3) is 0.0833. The fourth-order valence-electron chi connectivity index (χ4n) is 1.25. The van der Waals surface area contributed by atoms with Crippen LogP contribution in [0.1, 0.15) is 0 Å². The molecule has 1 aromatic rings. The molecule has 0 unspecified atom stereocenters. The maximum atomic E-state index is 12.2. The molecule has 9 heteroatoms. The number of hydrogen-bond donors (Lipinski definition) is 1. The SMILES string of the molecule is N#CC(C#N)=C(C#N)Nc1c(Br)cc(OC(F)F)cc1Br. The molecule has 0 saturated heterocycles. The van der Waals surface area contributed by atoms with Crippen molar-refractivity contribution in [1.29, 1.82) is 15.8 Å². The Kier molecular flexibility index (Phi) is 6.10. The van der Waals surface area contributed by atoms with Crippen LogP contribution in [0, 0.1) is 34.0 Å². The summed E-state index contributed by atoms with van der Waals surface area (Å²) in [5.41, 5.74) is -0.371. The van der Waals surface area contributed by atoms with Gasteiger partial charge in [-0.3, -0.25) is 0 Å². The average Bonchev–Trinajstić information content (AvgIpc) is 2.41. The minimum Gasteiger partial charge on any atom is -0.435 e. The summed E-state index contributed by atoms with van der Waals surface area (Å²) < 4.78 is 29.2. The first-order chi connectivity index (χ1) is 9.92. The first-order valence-corrected chi connectivity index (χ1v) is 6.67. The number of halogens is 4. The van der Waals surface area contributed by atoms with Crippen molar-refractivity contribution in [3.63, 3.8) is 0 Å². The Bertz CT molecular complexity index is 674. The Morgan fingerprint density at radius 1 is 1.10 bits per heavy atom. The van der Waals surface area contributed by atoms with Crippen LogP contribution in [0.2, 0.25) is 0 Å². The number of anilines is 1. The highest BCUT2D eigenvalue weighted by Gasteiger charge is 2.14. The summed E-state index contributed by atoms with van der Waals surface area (Å²) in [4.78, 5) is 0. The van der Waals surface area contributed by atoms with Gasteiger partial charge >= 0.3 is 6.61 Å². The molecule has 21 heavy (non-hydrogen) atoms. The number of nitriles is 3. The Morgan fingerprint density at radius 2 is 1.62 bits per heavy atom. The minimum atomic E-state index is -2.97. The zero-order valence-electron chi connectivity index (χ0n) is 9.99. The lowest BCUT2D eigenvalue weighted by atomic mass is 10.2. The van der Waals surface area contributed by atoms with Crippen molar-refractivity contribution in [3.05, 3.63) is 32.3 Å². The van der Waals surface area contributed by atoms with Gasteiger partial charge in [-0.2, -0.15) is 24.6 Å². The van der Waals surface area contributed by atoms with Gasteiger partial charge < -0.3 is 10.1 Å². The molecule has 0 fully saturated rings. The minimum absolute atomic E-state index is 0.0995. The highest BCUT2D eigenvalue weighted by atomic mass is 79.9. The van der Waals surface area contributed by atoms with Gasteiger partial charge in [0.05, 0.1) is 5.69 Å². The summed E-state index contributed by atoms with van der Waals surface area (Å²) in [5.74, 6) is -0.0995. The topological polar surface area (TPSA) is 92.6 Å². The second-order valence-electron chi connectivity index (χ2n) is 3.35. The molecule has 1 aromatic carbocycles. The molecule has 0 aromatic heterocycles. The van der Waals surface area contributed by atoms with Gasteiger partial charge in [-0.1, -0.05) is 0 Å². The van der Waals surface area contributed by atoms with E-state index in [1.165, 1.54) is 12.1 Å². The summed E-state index contributed by atoms with van der Waals surface area (Å²) in [7, 11) is 0. The van der Waals surface area contributed by atoms with E-state index >= 15 is 0 Å². The van der Waals surface area contributed by atoms with E-state index in [9.17, 15) is 8.78 Å². The smallest absolute Gasteiger partial charge is 0.387 e. The van der Waals surface area contributed by atoms with Crippen molar-refractivity contribution in [3.8, 4) is 24.0 Å². The van der Waals surface area contributed by atoms with E-state index in [2.05, 4.69) is 41.9 Å². The van der Waals surface area contributed by atoms with E-state index in [0.717, 1.165) is 0 Å².